The van der Waals surface area contributed by atoms with Gasteiger partial charge in [0.1, 0.15) is 5.69 Å². The van der Waals surface area contributed by atoms with Crippen LogP contribution in [0.3, 0.4) is 0 Å². The van der Waals surface area contributed by atoms with E-state index >= 15 is 0 Å². The summed E-state index contributed by atoms with van der Waals surface area (Å²) in [7, 11) is 1.73. The van der Waals surface area contributed by atoms with Crippen LogP contribution in [0, 0.1) is 10.1 Å². The molecule has 3 aromatic carbocycles. The van der Waals surface area contributed by atoms with E-state index in [9.17, 15) is 10.1 Å². The van der Waals surface area contributed by atoms with Crippen LogP contribution in [-0.2, 0) is 7.05 Å². The van der Waals surface area contributed by atoms with Gasteiger partial charge < -0.3 is 17.0 Å². The van der Waals surface area contributed by atoms with Crippen LogP contribution in [0.4, 0.5) is 15.8 Å². The van der Waals surface area contributed by atoms with E-state index in [1.54, 1.807) is 11.6 Å². The highest BCUT2D eigenvalue weighted by Gasteiger charge is 2.24. The van der Waals surface area contributed by atoms with Crippen LogP contribution in [-0.4, -0.2) is 9.49 Å². The SMILES string of the molecule is C[n+]1cc([N+](=O)[O-])sc1N=Nc1c(-c2ccccc2)n(-c2ccccc2)c2ccccc12.[Cl-]. The quantitative estimate of drug-likeness (QED) is 0.169. The van der Waals surface area contributed by atoms with Crippen molar-refractivity contribution in [1.82, 2.24) is 4.57 Å². The van der Waals surface area contributed by atoms with Crippen molar-refractivity contribution in [1.29, 1.82) is 0 Å². The third-order valence-electron chi connectivity index (χ3n) is 5.13. The van der Waals surface area contributed by atoms with Gasteiger partial charge in [-0.25, -0.2) is 4.57 Å². The summed E-state index contributed by atoms with van der Waals surface area (Å²) in [6.45, 7) is 0. The molecule has 33 heavy (non-hydrogen) atoms. The summed E-state index contributed by atoms with van der Waals surface area (Å²) < 4.78 is 3.79. The fourth-order valence-electron chi connectivity index (χ4n) is 3.71. The molecule has 164 valence electrons. The van der Waals surface area contributed by atoms with Crippen LogP contribution < -0.4 is 17.0 Å². The van der Waals surface area contributed by atoms with Gasteiger partial charge in [0, 0.05) is 28.0 Å². The molecule has 0 aliphatic carbocycles. The van der Waals surface area contributed by atoms with Gasteiger partial charge in [-0.3, -0.25) is 10.1 Å². The molecule has 0 aliphatic rings. The molecular formula is C24H18ClN5O2S. The Morgan fingerprint density at radius 2 is 1.55 bits per heavy atom. The summed E-state index contributed by atoms with van der Waals surface area (Å²) in [4.78, 5) is 10.7. The van der Waals surface area contributed by atoms with Crippen molar-refractivity contribution in [3.8, 4) is 16.9 Å². The van der Waals surface area contributed by atoms with Crippen molar-refractivity contribution in [2.75, 3.05) is 0 Å². The first-order chi connectivity index (χ1) is 15.6. The van der Waals surface area contributed by atoms with Crippen molar-refractivity contribution >= 4 is 38.1 Å². The van der Waals surface area contributed by atoms with Crippen LogP contribution in [0.1, 0.15) is 0 Å². The summed E-state index contributed by atoms with van der Waals surface area (Å²) in [5.41, 5.74) is 4.65. The monoisotopic (exact) mass is 475 g/mol. The molecule has 9 heteroatoms. The van der Waals surface area contributed by atoms with E-state index in [1.165, 1.54) is 6.20 Å². The molecule has 0 N–H and O–H groups in total. The molecule has 0 saturated heterocycles. The molecule has 0 spiro atoms. The number of benzene rings is 3. The second-order valence-corrected chi connectivity index (χ2v) is 8.16. The van der Waals surface area contributed by atoms with E-state index in [4.69, 9.17) is 0 Å². The van der Waals surface area contributed by atoms with Crippen molar-refractivity contribution in [2.24, 2.45) is 17.3 Å². The smallest absolute Gasteiger partial charge is 0.414 e. The van der Waals surface area contributed by atoms with Gasteiger partial charge >= 0.3 is 10.1 Å². The molecule has 0 bridgehead atoms. The fraction of sp³-hybridized carbons (Fsp3) is 0.0417. The zero-order valence-electron chi connectivity index (χ0n) is 17.5. The van der Waals surface area contributed by atoms with E-state index in [2.05, 4.69) is 33.0 Å². The fourth-order valence-corrected chi connectivity index (χ4v) is 4.46. The van der Waals surface area contributed by atoms with Crippen molar-refractivity contribution in [2.45, 2.75) is 0 Å². The Hall–Kier alpha value is -3.88. The van der Waals surface area contributed by atoms with Crippen LogP contribution in [0.5, 0.6) is 0 Å². The Morgan fingerprint density at radius 1 is 0.909 bits per heavy atom. The average molecular weight is 476 g/mol. The Labute approximate surface area is 199 Å². The van der Waals surface area contributed by atoms with Gasteiger partial charge in [0.2, 0.25) is 0 Å². The molecular weight excluding hydrogens is 458 g/mol. The van der Waals surface area contributed by atoms with E-state index < -0.39 is 4.92 Å². The minimum Gasteiger partial charge on any atom is -1.00 e. The van der Waals surface area contributed by atoms with Crippen LogP contribution >= 0.6 is 11.3 Å². The number of halogens is 1. The lowest BCUT2D eigenvalue weighted by atomic mass is 10.1. The van der Waals surface area contributed by atoms with E-state index in [-0.39, 0.29) is 17.4 Å². The van der Waals surface area contributed by atoms with Crippen molar-refractivity contribution in [3.63, 3.8) is 0 Å². The molecule has 5 rings (SSSR count). The van der Waals surface area contributed by atoms with Gasteiger partial charge in [0.25, 0.3) is 0 Å². The number of hydrogen-bond acceptors (Lipinski definition) is 5. The largest absolute Gasteiger partial charge is 1.00 e. The lowest BCUT2D eigenvalue weighted by molar-refractivity contribution is -0.656. The second kappa shape index (κ2) is 9.32. The Balaban J connectivity index is 0.00000259. The lowest BCUT2D eigenvalue weighted by Crippen LogP contribution is -3.00. The first-order valence-corrected chi connectivity index (χ1v) is 10.7. The maximum absolute atomic E-state index is 11.1. The van der Waals surface area contributed by atoms with E-state index in [1.807, 2.05) is 66.7 Å². The highest BCUT2D eigenvalue weighted by molar-refractivity contribution is 7.17. The standard InChI is InChI=1S/C24H18N5O2S.ClH/c1-27-16-21(29(30)31)32-24(27)26-25-22-19-14-8-9-15-20(19)28(18-12-6-3-7-13-18)23(22)17-10-4-2-5-11-17;/h2-16H,1H3;1H/q+1;/p-1. The minimum atomic E-state index is -0.416. The second-order valence-electron chi connectivity index (χ2n) is 7.17. The summed E-state index contributed by atoms with van der Waals surface area (Å²) in [5.74, 6) is 0. The summed E-state index contributed by atoms with van der Waals surface area (Å²) in [5, 5.41) is 21.6. The molecule has 2 heterocycles. The molecule has 2 aromatic heterocycles. The average Bonchev–Trinajstić information content (AvgIpc) is 3.36. The lowest BCUT2D eigenvalue weighted by Gasteiger charge is -2.11. The predicted molar refractivity (Wildman–Crippen MR) is 125 cm³/mol. The molecule has 0 unspecified atom stereocenters. The maximum atomic E-state index is 11.1. The van der Waals surface area contributed by atoms with E-state index in [0.29, 0.717) is 10.8 Å². The van der Waals surface area contributed by atoms with Gasteiger partial charge in [0.15, 0.2) is 6.20 Å². The Bertz CT molecular complexity index is 1460. The molecule has 0 aliphatic heterocycles. The van der Waals surface area contributed by atoms with Gasteiger partial charge in [-0.2, -0.15) is 0 Å². The van der Waals surface area contributed by atoms with Crippen molar-refractivity contribution < 1.29 is 21.9 Å². The van der Waals surface area contributed by atoms with Crippen LogP contribution in [0.2, 0.25) is 0 Å². The number of nitrogens with zero attached hydrogens (tertiary/aromatic N) is 5. The topological polar surface area (TPSA) is 76.7 Å². The number of hydrogen-bond donors (Lipinski definition) is 0. The normalized spacial score (nSPS) is 11.1. The molecule has 7 nitrogen and oxygen atoms in total. The van der Waals surface area contributed by atoms with Gasteiger partial charge in [-0.15, -0.1) is 0 Å². The van der Waals surface area contributed by atoms with Gasteiger partial charge in [0.05, 0.1) is 28.3 Å². The van der Waals surface area contributed by atoms with Crippen LogP contribution in [0.25, 0.3) is 27.8 Å². The summed E-state index contributed by atoms with van der Waals surface area (Å²) in [6.07, 6.45) is 1.45. The number of aryl methyl sites for hydroxylation is 1. The number of fused-ring (bicyclic) bond motifs is 1. The highest BCUT2D eigenvalue weighted by Crippen LogP contribution is 2.43. The first-order valence-electron chi connectivity index (χ1n) is 9.93. The number of aromatic nitrogens is 2. The van der Waals surface area contributed by atoms with Crippen LogP contribution in [0.15, 0.2) is 101 Å². The predicted octanol–water partition coefficient (Wildman–Crippen LogP) is 3.51. The van der Waals surface area contributed by atoms with Crippen molar-refractivity contribution in [3.05, 3.63) is 101 Å². The molecule has 0 amide bonds. The third-order valence-corrected chi connectivity index (χ3v) is 6.14. The summed E-state index contributed by atoms with van der Waals surface area (Å²) in [6, 6.07) is 28.2. The molecule has 0 atom stereocenters. The van der Waals surface area contributed by atoms with E-state index in [0.717, 1.165) is 39.2 Å². The Kier molecular flexibility index (Phi) is 6.30. The third kappa shape index (κ3) is 4.13. The molecule has 0 radical (unpaired) electrons. The van der Waals surface area contributed by atoms with Gasteiger partial charge in [-0.05, 0) is 23.3 Å². The Morgan fingerprint density at radius 3 is 2.21 bits per heavy atom. The number of nitro groups is 1. The minimum absolute atomic E-state index is 0. The molecule has 0 fully saturated rings. The number of para-hydroxylation sites is 2. The first kappa shape index (κ1) is 22.3. The summed E-state index contributed by atoms with van der Waals surface area (Å²) >= 11 is 0.994. The zero-order valence-corrected chi connectivity index (χ0v) is 19.1. The number of azo groups is 1. The molecule has 0 saturated carbocycles. The maximum Gasteiger partial charge on any atom is 0.414 e. The zero-order chi connectivity index (χ0) is 22.1. The molecule has 5 aromatic rings. The number of thiazole rings is 1. The van der Waals surface area contributed by atoms with Gasteiger partial charge in [-0.1, -0.05) is 66.7 Å². The highest BCUT2D eigenvalue weighted by atomic mass is 35.5. The number of rotatable bonds is 5.